The number of aliphatic hydroxyl groups is 3. The van der Waals surface area contributed by atoms with Crippen molar-refractivity contribution < 1.29 is 24.8 Å². The number of hydrogen-bond donors (Lipinski definition) is 6. The molecule has 0 aromatic carbocycles. The van der Waals surface area contributed by atoms with E-state index in [0.29, 0.717) is 0 Å². The Labute approximate surface area is 113 Å². The standard InChI is InChI=1S/C10H16N4O6/c1-19-10-13-7(11)4(8(18)14-10)12-9-6(17)5(16)3(15)2-20-9/h3,5-6,9,12,15-17H,2H2,1H3,(H3,11,13,14,18)/t3-,5-,6+,9?/m1/s1. The van der Waals surface area contributed by atoms with Gasteiger partial charge in [-0.2, -0.15) is 4.98 Å². The summed E-state index contributed by atoms with van der Waals surface area (Å²) in [6.07, 6.45) is -5.13. The maximum Gasteiger partial charge on any atom is 0.298 e. The summed E-state index contributed by atoms with van der Waals surface area (Å²) in [6.45, 7) is -0.197. The zero-order chi connectivity index (χ0) is 14.9. The molecule has 1 aromatic rings. The van der Waals surface area contributed by atoms with Gasteiger partial charge in [0.25, 0.3) is 11.6 Å². The first-order chi connectivity index (χ1) is 9.43. The minimum atomic E-state index is -1.43. The van der Waals surface area contributed by atoms with Crippen LogP contribution in [0.15, 0.2) is 4.79 Å². The van der Waals surface area contributed by atoms with Crippen molar-refractivity contribution in [1.29, 1.82) is 0 Å². The summed E-state index contributed by atoms with van der Waals surface area (Å²) in [6, 6.07) is -0.0568. The number of nitrogens with two attached hydrogens (primary N) is 1. The first kappa shape index (κ1) is 14.5. The van der Waals surface area contributed by atoms with Crippen LogP contribution >= 0.6 is 0 Å². The van der Waals surface area contributed by atoms with E-state index in [1.54, 1.807) is 0 Å². The zero-order valence-corrected chi connectivity index (χ0v) is 10.6. The number of methoxy groups -OCH3 is 1. The van der Waals surface area contributed by atoms with Crippen LogP contribution in [0, 0.1) is 0 Å². The molecule has 2 heterocycles. The van der Waals surface area contributed by atoms with Crippen molar-refractivity contribution in [3.05, 3.63) is 10.4 Å². The van der Waals surface area contributed by atoms with Crippen molar-refractivity contribution in [2.45, 2.75) is 24.5 Å². The third-order valence-corrected chi connectivity index (χ3v) is 2.91. The van der Waals surface area contributed by atoms with E-state index >= 15 is 0 Å². The Hall–Kier alpha value is -1.88. The second kappa shape index (κ2) is 5.63. The predicted molar refractivity (Wildman–Crippen MR) is 67.2 cm³/mol. The number of anilines is 2. The second-order valence-electron chi connectivity index (χ2n) is 4.28. The minimum Gasteiger partial charge on any atom is -0.468 e. The highest BCUT2D eigenvalue weighted by Crippen LogP contribution is 2.19. The lowest BCUT2D eigenvalue weighted by Crippen LogP contribution is -2.55. The topological polar surface area (TPSA) is 163 Å². The Morgan fingerprint density at radius 1 is 1.45 bits per heavy atom. The first-order valence-electron chi connectivity index (χ1n) is 5.80. The molecule has 0 aliphatic carbocycles. The molecule has 7 N–H and O–H groups in total. The molecule has 10 nitrogen and oxygen atoms in total. The van der Waals surface area contributed by atoms with Crippen LogP contribution < -0.4 is 21.3 Å². The molecular weight excluding hydrogens is 272 g/mol. The van der Waals surface area contributed by atoms with Crippen LogP contribution in [-0.2, 0) is 4.74 Å². The summed E-state index contributed by atoms with van der Waals surface area (Å²) in [5, 5.41) is 31.2. The van der Waals surface area contributed by atoms with Crippen LogP contribution in [-0.4, -0.2) is 63.5 Å². The molecule has 1 aliphatic rings. The maximum atomic E-state index is 11.8. The average Bonchev–Trinajstić information content (AvgIpc) is 2.42. The summed E-state index contributed by atoms with van der Waals surface area (Å²) >= 11 is 0. The van der Waals surface area contributed by atoms with Gasteiger partial charge in [0.2, 0.25) is 0 Å². The van der Waals surface area contributed by atoms with Gasteiger partial charge in [-0.15, -0.1) is 0 Å². The van der Waals surface area contributed by atoms with E-state index in [9.17, 15) is 20.1 Å². The molecule has 1 aromatic heterocycles. The first-order valence-corrected chi connectivity index (χ1v) is 5.80. The molecule has 20 heavy (non-hydrogen) atoms. The van der Waals surface area contributed by atoms with Crippen LogP contribution in [0.4, 0.5) is 11.5 Å². The van der Waals surface area contributed by atoms with Crippen molar-refractivity contribution in [3.63, 3.8) is 0 Å². The molecule has 2 rings (SSSR count). The van der Waals surface area contributed by atoms with Crippen LogP contribution in [0.1, 0.15) is 0 Å². The summed E-state index contributed by atoms with van der Waals surface area (Å²) in [5.74, 6) is -0.151. The van der Waals surface area contributed by atoms with Crippen molar-refractivity contribution in [2.24, 2.45) is 0 Å². The van der Waals surface area contributed by atoms with E-state index in [-0.39, 0.29) is 24.1 Å². The highest BCUT2D eigenvalue weighted by atomic mass is 16.5. The summed E-state index contributed by atoms with van der Waals surface area (Å²) in [4.78, 5) is 17.9. The monoisotopic (exact) mass is 288 g/mol. The fourth-order valence-electron chi connectivity index (χ4n) is 1.78. The molecule has 1 unspecified atom stereocenters. The molecule has 10 heteroatoms. The van der Waals surface area contributed by atoms with Gasteiger partial charge in [-0.25, -0.2) is 0 Å². The minimum absolute atomic E-state index is 0.0568. The van der Waals surface area contributed by atoms with Crippen molar-refractivity contribution in [3.8, 4) is 6.01 Å². The molecule has 1 aliphatic heterocycles. The lowest BCUT2D eigenvalue weighted by molar-refractivity contribution is -0.178. The van der Waals surface area contributed by atoms with Gasteiger partial charge in [0, 0.05) is 0 Å². The van der Waals surface area contributed by atoms with E-state index < -0.39 is 30.1 Å². The zero-order valence-electron chi connectivity index (χ0n) is 10.6. The third-order valence-electron chi connectivity index (χ3n) is 2.91. The molecule has 0 spiro atoms. The quantitative estimate of drug-likeness (QED) is 0.345. The maximum absolute atomic E-state index is 11.8. The number of nitrogens with zero attached hydrogens (tertiary/aromatic N) is 1. The lowest BCUT2D eigenvalue weighted by atomic mass is 10.0. The van der Waals surface area contributed by atoms with Gasteiger partial charge in [0.05, 0.1) is 13.7 Å². The number of nitrogen functional groups attached to an aromatic ring is 1. The number of hydrogen-bond acceptors (Lipinski definition) is 9. The van der Waals surface area contributed by atoms with Crippen molar-refractivity contribution in [1.82, 2.24) is 9.97 Å². The largest absolute Gasteiger partial charge is 0.468 e. The Morgan fingerprint density at radius 3 is 2.75 bits per heavy atom. The molecule has 1 fully saturated rings. The molecular formula is C10H16N4O6. The Balaban J connectivity index is 2.20. The normalized spacial score (nSPS) is 30.0. The number of H-pyrrole nitrogens is 1. The SMILES string of the molecule is COc1nc(N)c(NC2OC[C@@H](O)[C@@H](O)[C@@H]2O)c(=O)[nH]1. The van der Waals surface area contributed by atoms with Gasteiger partial charge in [0.1, 0.15) is 24.0 Å². The lowest BCUT2D eigenvalue weighted by Gasteiger charge is -2.35. The Bertz CT molecular complexity index is 535. The molecule has 4 atom stereocenters. The smallest absolute Gasteiger partial charge is 0.298 e. The Morgan fingerprint density at radius 2 is 2.15 bits per heavy atom. The van der Waals surface area contributed by atoms with Crippen LogP contribution in [0.5, 0.6) is 6.01 Å². The average molecular weight is 288 g/mol. The fraction of sp³-hybridized carbons (Fsp3) is 0.600. The highest BCUT2D eigenvalue weighted by Gasteiger charge is 2.38. The number of aliphatic hydroxyl groups excluding tert-OH is 3. The van der Waals surface area contributed by atoms with Gasteiger partial charge >= 0.3 is 0 Å². The van der Waals surface area contributed by atoms with E-state index in [0.717, 1.165) is 0 Å². The van der Waals surface area contributed by atoms with Gasteiger partial charge < -0.3 is 35.8 Å². The van der Waals surface area contributed by atoms with Gasteiger partial charge in [-0.1, -0.05) is 0 Å². The summed E-state index contributed by atoms with van der Waals surface area (Å²) < 4.78 is 9.85. The second-order valence-corrected chi connectivity index (χ2v) is 4.28. The van der Waals surface area contributed by atoms with Crippen LogP contribution in [0.2, 0.25) is 0 Å². The van der Waals surface area contributed by atoms with Crippen molar-refractivity contribution >= 4 is 11.5 Å². The van der Waals surface area contributed by atoms with Gasteiger partial charge in [-0.05, 0) is 0 Å². The molecule has 0 saturated carbocycles. The van der Waals surface area contributed by atoms with Crippen LogP contribution in [0.25, 0.3) is 0 Å². The number of nitrogens with one attached hydrogen (secondary N) is 2. The molecule has 112 valence electrons. The van der Waals surface area contributed by atoms with E-state index in [2.05, 4.69) is 15.3 Å². The summed E-state index contributed by atoms with van der Waals surface area (Å²) in [5.41, 5.74) is 4.85. The van der Waals surface area contributed by atoms with Gasteiger partial charge in [-0.3, -0.25) is 9.78 Å². The summed E-state index contributed by atoms with van der Waals surface area (Å²) in [7, 11) is 1.32. The number of ether oxygens (including phenoxy) is 2. The fourth-order valence-corrected chi connectivity index (χ4v) is 1.78. The Kier molecular flexibility index (Phi) is 4.09. The molecule has 0 amide bonds. The number of aromatic amines is 1. The van der Waals surface area contributed by atoms with E-state index in [1.807, 2.05) is 0 Å². The third kappa shape index (κ3) is 2.67. The van der Waals surface area contributed by atoms with E-state index in [4.69, 9.17) is 15.2 Å². The van der Waals surface area contributed by atoms with Crippen LogP contribution in [0.3, 0.4) is 0 Å². The van der Waals surface area contributed by atoms with Crippen molar-refractivity contribution in [2.75, 3.05) is 24.8 Å². The van der Waals surface area contributed by atoms with E-state index in [1.165, 1.54) is 7.11 Å². The number of aromatic nitrogens is 2. The molecule has 1 saturated heterocycles. The molecule has 0 radical (unpaired) electrons. The highest BCUT2D eigenvalue weighted by molar-refractivity contribution is 5.60. The molecule has 0 bridgehead atoms. The number of rotatable bonds is 3. The predicted octanol–water partition coefficient (Wildman–Crippen LogP) is -2.79. The van der Waals surface area contributed by atoms with Gasteiger partial charge in [0.15, 0.2) is 12.0 Å².